The van der Waals surface area contributed by atoms with Crippen LogP contribution < -0.4 is 10.6 Å². The molecule has 2 aliphatic rings. The number of aliphatic hydroxyl groups is 1. The van der Waals surface area contributed by atoms with Gasteiger partial charge in [0.05, 0.1) is 11.1 Å². The molecule has 5 heteroatoms. The Kier molecular flexibility index (Phi) is 5.39. The fraction of sp³-hybridized carbons (Fsp3) is 0.600. The molecular formula is C25H35N3O2. The lowest BCUT2D eigenvalue weighted by Gasteiger charge is -2.23. The van der Waals surface area contributed by atoms with E-state index in [0.29, 0.717) is 37.5 Å². The Morgan fingerprint density at radius 2 is 2.03 bits per heavy atom. The van der Waals surface area contributed by atoms with Gasteiger partial charge in [0.1, 0.15) is 5.69 Å². The number of fused-ring (bicyclic) bond motifs is 1. The number of rotatable bonds is 5. The van der Waals surface area contributed by atoms with Crippen LogP contribution in [0.2, 0.25) is 0 Å². The Labute approximate surface area is 179 Å². The summed E-state index contributed by atoms with van der Waals surface area (Å²) in [7, 11) is 0. The Bertz CT molecular complexity index is 974. The summed E-state index contributed by atoms with van der Waals surface area (Å²) in [4.78, 5) is 17.7. The van der Waals surface area contributed by atoms with E-state index < -0.39 is 5.60 Å². The number of hydrogen-bond acceptors (Lipinski definition) is 4. The lowest BCUT2D eigenvalue weighted by atomic mass is 9.83. The average molecular weight is 410 g/mol. The lowest BCUT2D eigenvalue weighted by Crippen LogP contribution is -2.37. The first kappa shape index (κ1) is 21.3. The van der Waals surface area contributed by atoms with Gasteiger partial charge in [-0.15, -0.1) is 0 Å². The summed E-state index contributed by atoms with van der Waals surface area (Å²) in [5.74, 6) is 0.526. The molecule has 1 aromatic carbocycles. The zero-order chi connectivity index (χ0) is 21.7. The predicted octanol–water partition coefficient (Wildman–Crippen LogP) is 3.95. The van der Waals surface area contributed by atoms with E-state index in [1.165, 1.54) is 24.0 Å². The first-order chi connectivity index (χ1) is 14.1. The molecule has 0 radical (unpaired) electrons. The molecule has 1 saturated carbocycles. The molecule has 2 aromatic rings. The van der Waals surface area contributed by atoms with E-state index in [9.17, 15) is 9.90 Å². The number of aromatic nitrogens is 1. The highest BCUT2D eigenvalue weighted by molar-refractivity contribution is 5.97. The molecule has 0 unspecified atom stereocenters. The number of carbonyl (C=O) groups is 1. The fourth-order valence-electron chi connectivity index (χ4n) is 4.51. The molecule has 1 amide bonds. The molecular weight excluding hydrogens is 374 g/mol. The molecule has 5 nitrogen and oxygen atoms in total. The number of hydrogen-bond donors (Lipinski definition) is 3. The van der Waals surface area contributed by atoms with E-state index in [0.717, 1.165) is 16.5 Å². The van der Waals surface area contributed by atoms with Crippen LogP contribution in [0.25, 0.3) is 10.9 Å². The van der Waals surface area contributed by atoms with Crippen molar-refractivity contribution in [1.82, 2.24) is 15.6 Å². The highest BCUT2D eigenvalue weighted by atomic mass is 16.3. The molecule has 3 N–H and O–H groups in total. The Hall–Kier alpha value is -1.98. The number of aryl methyl sites for hydroxylation is 1. The second kappa shape index (κ2) is 7.61. The van der Waals surface area contributed by atoms with Gasteiger partial charge in [-0.2, -0.15) is 0 Å². The fourth-order valence-corrected chi connectivity index (χ4v) is 4.51. The molecule has 0 bridgehead atoms. The maximum atomic E-state index is 12.9. The molecule has 2 fully saturated rings. The van der Waals surface area contributed by atoms with E-state index in [-0.39, 0.29) is 17.4 Å². The van der Waals surface area contributed by atoms with Crippen molar-refractivity contribution in [1.29, 1.82) is 0 Å². The van der Waals surface area contributed by atoms with Crippen LogP contribution in [-0.4, -0.2) is 40.7 Å². The van der Waals surface area contributed by atoms with Crippen molar-refractivity contribution in [3.05, 3.63) is 40.6 Å². The molecule has 1 aliphatic heterocycles. The van der Waals surface area contributed by atoms with Crippen molar-refractivity contribution in [3.8, 4) is 0 Å². The number of nitrogens with one attached hydrogen (secondary N) is 2. The molecule has 1 aromatic heterocycles. The van der Waals surface area contributed by atoms with Crippen LogP contribution in [0.4, 0.5) is 0 Å². The molecule has 2 atom stereocenters. The summed E-state index contributed by atoms with van der Waals surface area (Å²) in [5.41, 5.74) is 4.42. The molecule has 1 saturated heterocycles. The number of amides is 1. The zero-order valence-electron chi connectivity index (χ0n) is 18.9. The monoisotopic (exact) mass is 409 g/mol. The highest BCUT2D eigenvalue weighted by Gasteiger charge is 2.35. The van der Waals surface area contributed by atoms with E-state index in [1.54, 1.807) is 0 Å². The van der Waals surface area contributed by atoms with Gasteiger partial charge >= 0.3 is 0 Å². The Balaban J connectivity index is 1.60. The van der Waals surface area contributed by atoms with Gasteiger partial charge in [0.15, 0.2) is 0 Å². The van der Waals surface area contributed by atoms with Gasteiger partial charge in [0.25, 0.3) is 5.91 Å². The number of nitrogens with zero attached hydrogens (tertiary/aromatic N) is 1. The Morgan fingerprint density at radius 1 is 1.30 bits per heavy atom. The smallest absolute Gasteiger partial charge is 0.269 e. The summed E-state index contributed by atoms with van der Waals surface area (Å²) in [6.45, 7) is 11.8. The number of β-amino-alcohol motifs (C(OH)–C–C–N with tert-alkyl or cyclic N) is 1. The minimum Gasteiger partial charge on any atom is -0.389 e. The van der Waals surface area contributed by atoms with Gasteiger partial charge in [-0.25, -0.2) is 4.98 Å². The third-order valence-corrected chi connectivity index (χ3v) is 6.75. The SMILES string of the molecule is CC[C@@]1(O)CN[C@H](CNC(=O)c2cc(C)c3cc(C4CC4)cc(C(C)(C)C)c3n2)C1. The van der Waals surface area contributed by atoms with E-state index >= 15 is 0 Å². The second-order valence-electron chi connectivity index (χ2n) is 10.4. The highest BCUT2D eigenvalue weighted by Crippen LogP contribution is 2.43. The second-order valence-corrected chi connectivity index (χ2v) is 10.4. The Morgan fingerprint density at radius 3 is 2.63 bits per heavy atom. The summed E-state index contributed by atoms with van der Waals surface area (Å²) in [5, 5.41) is 17.9. The number of pyridine rings is 1. The summed E-state index contributed by atoms with van der Waals surface area (Å²) < 4.78 is 0. The molecule has 162 valence electrons. The van der Waals surface area contributed by atoms with Gasteiger partial charge in [-0.1, -0.05) is 33.8 Å². The predicted molar refractivity (Wildman–Crippen MR) is 121 cm³/mol. The van der Waals surface area contributed by atoms with Crippen LogP contribution in [0.3, 0.4) is 0 Å². The van der Waals surface area contributed by atoms with E-state index in [1.807, 2.05) is 13.0 Å². The number of carbonyl (C=O) groups excluding carboxylic acids is 1. The minimum atomic E-state index is -0.659. The van der Waals surface area contributed by atoms with Gasteiger partial charge in [0.2, 0.25) is 0 Å². The summed E-state index contributed by atoms with van der Waals surface area (Å²) in [6, 6.07) is 6.58. The van der Waals surface area contributed by atoms with Crippen molar-refractivity contribution in [2.24, 2.45) is 0 Å². The standard InChI is InChI=1S/C25H35N3O2/c1-6-25(30)12-18(27-14-25)13-26-23(29)21-9-15(2)19-10-17(16-7-8-16)11-20(22(19)28-21)24(3,4)5/h9-11,16,18,27,30H,6-8,12-14H2,1-5H3,(H,26,29)/t18-,25-/m0/s1. The molecule has 1 aliphatic carbocycles. The quantitative estimate of drug-likeness (QED) is 0.699. The third kappa shape index (κ3) is 4.23. The largest absolute Gasteiger partial charge is 0.389 e. The lowest BCUT2D eigenvalue weighted by molar-refractivity contribution is 0.0546. The molecule has 30 heavy (non-hydrogen) atoms. The van der Waals surface area contributed by atoms with Crippen molar-refractivity contribution in [2.45, 2.75) is 83.3 Å². The van der Waals surface area contributed by atoms with Gasteiger partial charge in [0, 0.05) is 24.5 Å². The van der Waals surface area contributed by atoms with Crippen molar-refractivity contribution >= 4 is 16.8 Å². The van der Waals surface area contributed by atoms with Gasteiger partial charge < -0.3 is 15.7 Å². The van der Waals surface area contributed by atoms with Crippen LogP contribution in [0.15, 0.2) is 18.2 Å². The van der Waals surface area contributed by atoms with Crippen LogP contribution in [0.5, 0.6) is 0 Å². The van der Waals surface area contributed by atoms with Crippen molar-refractivity contribution < 1.29 is 9.90 Å². The molecule has 4 rings (SSSR count). The zero-order valence-corrected chi connectivity index (χ0v) is 18.9. The van der Waals surface area contributed by atoms with Crippen LogP contribution in [0.1, 0.15) is 86.5 Å². The van der Waals surface area contributed by atoms with Gasteiger partial charge in [-0.3, -0.25) is 4.79 Å². The van der Waals surface area contributed by atoms with Crippen LogP contribution in [0, 0.1) is 6.92 Å². The summed E-state index contributed by atoms with van der Waals surface area (Å²) in [6.07, 6.45) is 3.91. The van der Waals surface area contributed by atoms with Crippen molar-refractivity contribution in [2.75, 3.05) is 13.1 Å². The minimum absolute atomic E-state index is 0.0456. The maximum Gasteiger partial charge on any atom is 0.269 e. The average Bonchev–Trinajstić information content (AvgIpc) is 3.47. The first-order valence-corrected chi connectivity index (χ1v) is 11.3. The topological polar surface area (TPSA) is 74.2 Å². The molecule has 2 heterocycles. The normalized spacial score (nSPS) is 24.4. The van der Waals surface area contributed by atoms with E-state index in [4.69, 9.17) is 4.98 Å². The molecule has 0 spiro atoms. The van der Waals surface area contributed by atoms with Crippen molar-refractivity contribution in [3.63, 3.8) is 0 Å². The van der Waals surface area contributed by atoms with Gasteiger partial charge in [-0.05, 0) is 72.8 Å². The summed E-state index contributed by atoms with van der Waals surface area (Å²) >= 11 is 0. The third-order valence-electron chi connectivity index (χ3n) is 6.75. The first-order valence-electron chi connectivity index (χ1n) is 11.3. The van der Waals surface area contributed by atoms with E-state index in [2.05, 4.69) is 50.5 Å². The van der Waals surface area contributed by atoms with Crippen LogP contribution in [-0.2, 0) is 5.41 Å². The van der Waals surface area contributed by atoms with Crippen LogP contribution >= 0.6 is 0 Å². The number of benzene rings is 1. The maximum absolute atomic E-state index is 12.9.